The Hall–Kier alpha value is -2.88. The molecule has 2 saturated heterocycles. The molecule has 0 bridgehead atoms. The zero-order valence-electron chi connectivity index (χ0n) is 18.0. The molecule has 1 N–H and O–H groups in total. The number of hydrogen-bond donors (Lipinski definition) is 1. The fraction of sp³-hybridized carbons (Fsp3) is 0.391. The number of methoxy groups -OCH3 is 1. The van der Waals surface area contributed by atoms with Crippen molar-refractivity contribution >= 4 is 29.4 Å². The molecule has 2 heterocycles. The van der Waals surface area contributed by atoms with E-state index in [1.165, 1.54) is 19.2 Å². The Morgan fingerprint density at radius 1 is 1.03 bits per heavy atom. The number of para-hydroxylation sites is 2. The van der Waals surface area contributed by atoms with E-state index in [-0.39, 0.29) is 17.5 Å². The van der Waals surface area contributed by atoms with Crippen molar-refractivity contribution in [2.24, 2.45) is 0 Å². The van der Waals surface area contributed by atoms with Gasteiger partial charge < -0.3 is 19.9 Å². The number of piperidine rings is 1. The van der Waals surface area contributed by atoms with Gasteiger partial charge in [-0.1, -0.05) is 12.1 Å². The Morgan fingerprint density at radius 2 is 1.70 bits per heavy atom. The molecular weight excluding hydrogens is 455 g/mol. The van der Waals surface area contributed by atoms with Gasteiger partial charge in [-0.25, -0.2) is 4.79 Å². The van der Waals surface area contributed by atoms with Gasteiger partial charge in [-0.2, -0.15) is 13.2 Å². The third-order valence-corrected chi connectivity index (χ3v) is 7.62. The van der Waals surface area contributed by atoms with E-state index >= 15 is 0 Å². The van der Waals surface area contributed by atoms with Gasteiger partial charge in [0.15, 0.2) is 0 Å². The molecule has 3 amide bonds. The number of hydrogen-bond acceptors (Lipinski definition) is 4. The van der Waals surface area contributed by atoms with Crippen molar-refractivity contribution in [3.63, 3.8) is 0 Å². The maximum Gasteiger partial charge on any atom is 0.416 e. The number of halogens is 3. The van der Waals surface area contributed by atoms with Gasteiger partial charge in [0, 0.05) is 31.0 Å². The predicted octanol–water partition coefficient (Wildman–Crippen LogP) is 4.93. The monoisotopic (exact) mass is 479 g/mol. The van der Waals surface area contributed by atoms with E-state index in [4.69, 9.17) is 4.74 Å². The van der Waals surface area contributed by atoms with Crippen LogP contribution in [0.5, 0.6) is 5.75 Å². The van der Waals surface area contributed by atoms with Crippen molar-refractivity contribution in [1.82, 2.24) is 9.80 Å². The van der Waals surface area contributed by atoms with Crippen LogP contribution >= 0.6 is 11.8 Å². The highest BCUT2D eigenvalue weighted by Gasteiger charge is 2.47. The number of urea groups is 1. The van der Waals surface area contributed by atoms with Gasteiger partial charge in [-0.05, 0) is 49.2 Å². The van der Waals surface area contributed by atoms with Crippen molar-refractivity contribution in [1.29, 1.82) is 0 Å². The highest BCUT2D eigenvalue weighted by Crippen LogP contribution is 2.44. The zero-order chi connectivity index (χ0) is 23.6. The van der Waals surface area contributed by atoms with Crippen molar-refractivity contribution in [3.8, 4) is 5.75 Å². The fourth-order valence-electron chi connectivity index (χ4n) is 4.27. The summed E-state index contributed by atoms with van der Waals surface area (Å²) in [6, 6.07) is 11.3. The molecule has 6 nitrogen and oxygen atoms in total. The Bertz CT molecular complexity index is 1020. The molecule has 0 unspecified atom stereocenters. The van der Waals surface area contributed by atoms with E-state index in [9.17, 15) is 22.8 Å². The number of carbonyl (C=O) groups is 2. The molecule has 176 valence electrons. The summed E-state index contributed by atoms with van der Waals surface area (Å²) in [6.07, 6.45) is -3.27. The van der Waals surface area contributed by atoms with Crippen LogP contribution in [-0.2, 0) is 6.18 Å². The van der Waals surface area contributed by atoms with Crippen LogP contribution in [0.2, 0.25) is 0 Å². The van der Waals surface area contributed by atoms with Gasteiger partial charge >= 0.3 is 12.2 Å². The van der Waals surface area contributed by atoms with E-state index in [0.717, 1.165) is 17.9 Å². The number of carbonyl (C=O) groups excluding carboxylic acids is 2. The first-order valence-corrected chi connectivity index (χ1v) is 11.5. The van der Waals surface area contributed by atoms with Gasteiger partial charge in [0.1, 0.15) is 5.75 Å². The van der Waals surface area contributed by atoms with Crippen LogP contribution in [0.1, 0.15) is 28.8 Å². The number of alkyl halides is 3. The number of rotatable bonds is 3. The Labute approximate surface area is 194 Å². The van der Waals surface area contributed by atoms with Gasteiger partial charge in [-0.3, -0.25) is 4.79 Å². The number of nitrogens with zero attached hydrogens (tertiary/aromatic N) is 2. The smallest absolute Gasteiger partial charge is 0.416 e. The van der Waals surface area contributed by atoms with E-state index in [2.05, 4.69) is 5.32 Å². The second-order valence-corrected chi connectivity index (χ2v) is 9.40. The molecule has 2 fully saturated rings. The summed E-state index contributed by atoms with van der Waals surface area (Å²) in [5.74, 6) is 1.04. The first kappa shape index (κ1) is 23.3. The Balaban J connectivity index is 1.41. The average molecular weight is 480 g/mol. The Kier molecular flexibility index (Phi) is 6.47. The molecule has 0 saturated carbocycles. The molecule has 0 radical (unpaired) electrons. The van der Waals surface area contributed by atoms with Gasteiger partial charge in [0.2, 0.25) is 0 Å². The molecule has 0 atom stereocenters. The lowest BCUT2D eigenvalue weighted by atomic mass is 10.0. The van der Waals surface area contributed by atoms with Crippen molar-refractivity contribution in [3.05, 3.63) is 59.7 Å². The normalized spacial score (nSPS) is 17.8. The molecule has 0 aliphatic carbocycles. The van der Waals surface area contributed by atoms with Crippen molar-refractivity contribution < 1.29 is 27.5 Å². The number of anilines is 1. The van der Waals surface area contributed by atoms with Crippen LogP contribution in [0, 0.1) is 0 Å². The summed E-state index contributed by atoms with van der Waals surface area (Å²) >= 11 is 1.67. The molecule has 2 aliphatic heterocycles. The molecule has 2 aromatic carbocycles. The van der Waals surface area contributed by atoms with E-state index in [0.29, 0.717) is 43.9 Å². The summed E-state index contributed by atoms with van der Waals surface area (Å²) in [5, 5.41) is 2.87. The SMILES string of the molecule is COc1ccccc1NC(=O)N1CCC2(CC1)SCCN2C(=O)c1ccc(C(F)(F)F)cc1. The number of amides is 3. The summed E-state index contributed by atoms with van der Waals surface area (Å²) in [7, 11) is 1.54. The molecule has 2 aromatic rings. The summed E-state index contributed by atoms with van der Waals surface area (Å²) in [6.45, 7) is 1.45. The predicted molar refractivity (Wildman–Crippen MR) is 120 cm³/mol. The number of ether oxygens (including phenoxy) is 1. The van der Waals surface area contributed by atoms with Crippen LogP contribution in [0.15, 0.2) is 48.5 Å². The second kappa shape index (κ2) is 9.17. The molecule has 10 heteroatoms. The minimum absolute atomic E-state index is 0.237. The number of nitrogens with one attached hydrogen (secondary N) is 1. The highest BCUT2D eigenvalue weighted by molar-refractivity contribution is 8.00. The average Bonchev–Trinajstić information content (AvgIpc) is 3.21. The topological polar surface area (TPSA) is 61.9 Å². The van der Waals surface area contributed by atoms with Crippen LogP contribution < -0.4 is 10.1 Å². The molecule has 4 rings (SSSR count). The second-order valence-electron chi connectivity index (χ2n) is 7.94. The first-order chi connectivity index (χ1) is 15.7. The van der Waals surface area contributed by atoms with Crippen LogP contribution in [0.4, 0.5) is 23.7 Å². The van der Waals surface area contributed by atoms with E-state index in [1.807, 2.05) is 12.1 Å². The number of thioether (sulfide) groups is 1. The quantitative estimate of drug-likeness (QED) is 0.679. The summed E-state index contributed by atoms with van der Waals surface area (Å²) in [4.78, 5) is 28.9. The molecule has 33 heavy (non-hydrogen) atoms. The van der Waals surface area contributed by atoms with E-state index in [1.54, 1.807) is 33.7 Å². The minimum atomic E-state index is -4.44. The largest absolute Gasteiger partial charge is 0.495 e. The van der Waals surface area contributed by atoms with Gasteiger partial charge in [0.25, 0.3) is 5.91 Å². The standard InChI is InChI=1S/C23H24F3N3O3S/c1-32-19-5-3-2-4-18(19)27-21(31)28-12-10-22(11-13-28)29(14-15-33-22)20(30)16-6-8-17(9-7-16)23(24,25)26/h2-9H,10-15H2,1H3,(H,27,31). The third kappa shape index (κ3) is 4.75. The van der Waals surface area contributed by atoms with Crippen LogP contribution in [-0.4, -0.2) is 59.1 Å². The summed E-state index contributed by atoms with van der Waals surface area (Å²) in [5.41, 5.74) is 0.0415. The molecule has 0 aromatic heterocycles. The molecular formula is C23H24F3N3O3S. The summed E-state index contributed by atoms with van der Waals surface area (Å²) < 4.78 is 43.8. The fourth-order valence-corrected chi connectivity index (χ4v) is 5.72. The van der Waals surface area contributed by atoms with E-state index < -0.39 is 16.6 Å². The molecule has 2 aliphatic rings. The lowest BCUT2D eigenvalue weighted by molar-refractivity contribution is -0.137. The van der Waals surface area contributed by atoms with Crippen LogP contribution in [0.3, 0.4) is 0 Å². The highest BCUT2D eigenvalue weighted by atomic mass is 32.2. The van der Waals surface area contributed by atoms with Gasteiger partial charge in [0.05, 0.1) is 23.2 Å². The van der Waals surface area contributed by atoms with Gasteiger partial charge in [-0.15, -0.1) is 11.8 Å². The number of likely N-dealkylation sites (tertiary alicyclic amines) is 1. The minimum Gasteiger partial charge on any atom is -0.495 e. The number of benzene rings is 2. The maximum absolute atomic E-state index is 13.1. The van der Waals surface area contributed by atoms with Crippen molar-refractivity contribution in [2.75, 3.05) is 37.8 Å². The third-order valence-electron chi connectivity index (χ3n) is 6.06. The Morgan fingerprint density at radius 3 is 2.33 bits per heavy atom. The zero-order valence-corrected chi connectivity index (χ0v) is 18.8. The lowest BCUT2D eigenvalue weighted by Gasteiger charge is -2.44. The van der Waals surface area contributed by atoms with Crippen molar-refractivity contribution in [2.45, 2.75) is 23.9 Å². The lowest BCUT2D eigenvalue weighted by Crippen LogP contribution is -2.54. The van der Waals surface area contributed by atoms with Crippen LogP contribution in [0.25, 0.3) is 0 Å². The first-order valence-electron chi connectivity index (χ1n) is 10.6. The molecule has 1 spiro atoms. The maximum atomic E-state index is 13.1.